The van der Waals surface area contributed by atoms with Crippen molar-refractivity contribution in [1.29, 1.82) is 0 Å². The molecule has 0 spiro atoms. The zero-order valence-electron chi connectivity index (χ0n) is 8.60. The Morgan fingerprint density at radius 2 is 1.44 bits per heavy atom. The van der Waals surface area contributed by atoms with Crippen molar-refractivity contribution in [3.63, 3.8) is 0 Å². The van der Waals surface area contributed by atoms with E-state index in [1.54, 1.807) is 0 Å². The Morgan fingerprint density at radius 3 is 2.19 bits per heavy atom. The second-order valence-electron chi connectivity index (χ2n) is 3.83. The van der Waals surface area contributed by atoms with Gasteiger partial charge in [-0.25, -0.2) is 0 Å². The Kier molecular flexibility index (Phi) is 2.19. The van der Waals surface area contributed by atoms with Gasteiger partial charge in [0.2, 0.25) is 0 Å². The van der Waals surface area contributed by atoms with E-state index in [-0.39, 0.29) is 0 Å². The second kappa shape index (κ2) is 3.70. The first kappa shape index (κ1) is 9.50. The summed E-state index contributed by atoms with van der Waals surface area (Å²) in [5, 5.41) is 5.57. The van der Waals surface area contributed by atoms with E-state index in [0.717, 1.165) is 16.1 Å². The fourth-order valence-electron chi connectivity index (χ4n) is 2.06. The van der Waals surface area contributed by atoms with Crippen molar-refractivity contribution < 1.29 is 4.57 Å². The van der Waals surface area contributed by atoms with Crippen LogP contribution in [0.25, 0.3) is 21.5 Å². The summed E-state index contributed by atoms with van der Waals surface area (Å²) in [6.45, 7) is 0. The van der Waals surface area contributed by atoms with Crippen molar-refractivity contribution in [2.24, 2.45) is 0 Å². The summed E-state index contributed by atoms with van der Waals surface area (Å²) in [5.74, 6) is 0. The molecule has 1 radical (unpaired) electrons. The summed E-state index contributed by atoms with van der Waals surface area (Å²) in [4.78, 5) is 0. The van der Waals surface area contributed by atoms with E-state index in [1.807, 2.05) is 24.3 Å². The van der Waals surface area contributed by atoms with Crippen LogP contribution in [0.5, 0.6) is 0 Å². The minimum Gasteiger partial charge on any atom is -0.285 e. The molecule has 0 saturated carbocycles. The number of rotatable bonds is 1. The molecule has 3 aromatic rings. The first-order valence-corrected chi connectivity index (χ1v) is 6.09. The lowest BCUT2D eigenvalue weighted by atomic mass is 10.0. The third-order valence-electron chi connectivity index (χ3n) is 2.86. The molecule has 1 unspecified atom stereocenters. The Morgan fingerprint density at radius 1 is 0.750 bits per heavy atom. The summed E-state index contributed by atoms with van der Waals surface area (Å²) in [6, 6.07) is 18.4. The Labute approximate surface area is 94.9 Å². The highest BCUT2D eigenvalue weighted by Crippen LogP contribution is 2.22. The van der Waals surface area contributed by atoms with E-state index in [9.17, 15) is 4.57 Å². The molecule has 0 aliphatic rings. The van der Waals surface area contributed by atoms with Crippen molar-refractivity contribution in [3.8, 4) is 0 Å². The van der Waals surface area contributed by atoms with Gasteiger partial charge in [-0.1, -0.05) is 36.4 Å². The topological polar surface area (TPSA) is 17.1 Å². The third-order valence-corrected chi connectivity index (χ3v) is 3.51. The Hall–Kier alpha value is -1.72. The van der Waals surface area contributed by atoms with Crippen LogP contribution < -0.4 is 5.30 Å². The van der Waals surface area contributed by atoms with Gasteiger partial charge in [-0.2, -0.15) is 0 Å². The lowest BCUT2D eigenvalue weighted by Crippen LogP contribution is -1.92. The molecule has 77 valence electrons. The van der Waals surface area contributed by atoms with Crippen LogP contribution in [0.3, 0.4) is 0 Å². The van der Waals surface area contributed by atoms with E-state index >= 15 is 0 Å². The van der Waals surface area contributed by atoms with Gasteiger partial charge in [-0.15, -0.1) is 0 Å². The monoisotopic (exact) mass is 225 g/mol. The molecule has 0 saturated heterocycles. The molecule has 0 aromatic heterocycles. The predicted octanol–water partition coefficient (Wildman–Crippen LogP) is 3.64. The fraction of sp³-hybridized carbons (Fsp3) is 0. The van der Waals surface area contributed by atoms with Gasteiger partial charge >= 0.3 is 0 Å². The maximum absolute atomic E-state index is 11.1. The highest BCUT2D eigenvalue weighted by molar-refractivity contribution is 7.34. The van der Waals surface area contributed by atoms with E-state index in [2.05, 4.69) is 30.3 Å². The van der Waals surface area contributed by atoms with Crippen molar-refractivity contribution >= 4 is 35.3 Å². The number of hydrogen-bond acceptors (Lipinski definition) is 1. The van der Waals surface area contributed by atoms with Crippen LogP contribution in [0.15, 0.2) is 54.6 Å². The normalized spacial score (nSPS) is 11.2. The van der Waals surface area contributed by atoms with Gasteiger partial charge in [0.1, 0.15) is 0 Å². The minimum absolute atomic E-state index is 0.395. The zero-order chi connectivity index (χ0) is 11.0. The average Bonchev–Trinajstić information content (AvgIpc) is 2.35. The summed E-state index contributed by atoms with van der Waals surface area (Å²) >= 11 is 0. The van der Waals surface area contributed by atoms with Crippen LogP contribution in [-0.4, -0.2) is 0 Å². The molecule has 16 heavy (non-hydrogen) atoms. The summed E-state index contributed by atoms with van der Waals surface area (Å²) in [5.41, 5.74) is 0. The van der Waals surface area contributed by atoms with E-state index in [1.165, 1.54) is 10.8 Å². The second-order valence-corrected chi connectivity index (χ2v) is 4.57. The molecule has 0 amide bonds. The van der Waals surface area contributed by atoms with Crippen molar-refractivity contribution in [3.05, 3.63) is 54.6 Å². The molecule has 0 fully saturated rings. The number of hydrogen-bond donors (Lipinski definition) is 0. The maximum Gasteiger partial charge on any atom is 0.0908 e. The van der Waals surface area contributed by atoms with Gasteiger partial charge in [-0.05, 0) is 39.7 Å². The molecular weight excluding hydrogens is 215 g/mol. The molecular formula is C14H10OP. The lowest BCUT2D eigenvalue weighted by molar-refractivity contribution is 0.603. The Bertz CT molecular complexity index is 688. The zero-order valence-corrected chi connectivity index (χ0v) is 9.60. The van der Waals surface area contributed by atoms with Gasteiger partial charge in [0.15, 0.2) is 0 Å². The summed E-state index contributed by atoms with van der Waals surface area (Å²) in [7, 11) is -0.395. The first-order chi connectivity index (χ1) is 7.88. The third kappa shape index (κ3) is 1.41. The number of fused-ring (bicyclic) bond motifs is 2. The molecule has 0 heterocycles. The smallest absolute Gasteiger partial charge is 0.0908 e. The highest BCUT2D eigenvalue weighted by Gasteiger charge is 2.01. The van der Waals surface area contributed by atoms with Crippen LogP contribution >= 0.6 is 8.46 Å². The van der Waals surface area contributed by atoms with Crippen LogP contribution in [-0.2, 0) is 4.57 Å². The molecule has 3 aromatic carbocycles. The fourth-order valence-corrected chi connectivity index (χ4v) is 2.55. The van der Waals surface area contributed by atoms with Gasteiger partial charge in [-0.3, -0.25) is 4.57 Å². The number of benzene rings is 3. The maximum atomic E-state index is 11.1. The largest absolute Gasteiger partial charge is 0.285 e. The highest BCUT2D eigenvalue weighted by atomic mass is 31.1. The quantitative estimate of drug-likeness (QED) is 0.456. The van der Waals surface area contributed by atoms with Gasteiger partial charge in [0.25, 0.3) is 0 Å². The van der Waals surface area contributed by atoms with Crippen LogP contribution in [0, 0.1) is 0 Å². The van der Waals surface area contributed by atoms with E-state index in [0.29, 0.717) is 0 Å². The molecule has 0 aliphatic carbocycles. The molecule has 2 heteroatoms. The van der Waals surface area contributed by atoms with Crippen LogP contribution in [0.4, 0.5) is 0 Å². The SMILES string of the molecule is O=[PH]c1cccc2cc3ccccc3cc12. The van der Waals surface area contributed by atoms with Crippen LogP contribution in [0.2, 0.25) is 0 Å². The van der Waals surface area contributed by atoms with E-state index in [4.69, 9.17) is 0 Å². The average molecular weight is 225 g/mol. The summed E-state index contributed by atoms with van der Waals surface area (Å²) < 4.78 is 11.1. The first-order valence-electron chi connectivity index (χ1n) is 5.18. The predicted molar refractivity (Wildman–Crippen MR) is 70.1 cm³/mol. The van der Waals surface area contributed by atoms with Gasteiger partial charge < -0.3 is 0 Å². The van der Waals surface area contributed by atoms with Crippen molar-refractivity contribution in [1.82, 2.24) is 0 Å². The molecule has 3 rings (SSSR count). The summed E-state index contributed by atoms with van der Waals surface area (Å²) in [6.07, 6.45) is 0. The molecule has 0 aliphatic heterocycles. The van der Waals surface area contributed by atoms with Crippen LogP contribution in [0.1, 0.15) is 0 Å². The van der Waals surface area contributed by atoms with Gasteiger partial charge in [0, 0.05) is 5.30 Å². The lowest BCUT2D eigenvalue weighted by Gasteiger charge is -2.03. The standard InChI is InChI=1S/C14H10OP/c15-16-14-7-3-6-12-8-10-4-1-2-5-11(10)9-13(12)14/h1-9,16H. The molecule has 0 bridgehead atoms. The van der Waals surface area contributed by atoms with Gasteiger partial charge in [0.05, 0.1) is 8.46 Å². The van der Waals surface area contributed by atoms with Crippen molar-refractivity contribution in [2.45, 2.75) is 0 Å². The van der Waals surface area contributed by atoms with Crippen molar-refractivity contribution in [2.75, 3.05) is 0 Å². The Balaban J connectivity index is 2.51. The molecule has 1 nitrogen and oxygen atoms in total. The molecule has 0 N–H and O–H groups in total. The minimum atomic E-state index is -0.395. The van der Waals surface area contributed by atoms with E-state index < -0.39 is 8.46 Å². The molecule has 1 atom stereocenters.